The number of hydrogen-bond donors (Lipinski definition) is 3. The van der Waals surface area contributed by atoms with Gasteiger partial charge in [-0.05, 0) is 49.2 Å². The number of hydrogen-bond acceptors (Lipinski definition) is 8. The summed E-state index contributed by atoms with van der Waals surface area (Å²) >= 11 is 8.02. The van der Waals surface area contributed by atoms with Gasteiger partial charge < -0.3 is 29.5 Å². The molecule has 1 aromatic carbocycles. The van der Waals surface area contributed by atoms with Crippen molar-refractivity contribution < 1.29 is 34.3 Å². The molecule has 2 aliphatic rings. The van der Waals surface area contributed by atoms with Crippen LogP contribution in [-0.2, 0) is 44.2 Å². The number of benzene rings is 1. The third-order valence-corrected chi connectivity index (χ3v) is 7.14. The average molecular weight is 469 g/mol. The van der Waals surface area contributed by atoms with Crippen molar-refractivity contribution in [2.45, 2.75) is 63.5 Å². The second-order valence-corrected chi connectivity index (χ2v) is 9.49. The van der Waals surface area contributed by atoms with Crippen molar-refractivity contribution in [3.63, 3.8) is 0 Å². The molecule has 4 rings (SSSR count). The molecule has 3 N–H and O–H groups in total. The van der Waals surface area contributed by atoms with Crippen molar-refractivity contribution in [3.8, 4) is 0 Å². The van der Waals surface area contributed by atoms with Crippen LogP contribution >= 0.6 is 22.9 Å². The number of aliphatic hydroxyl groups is 3. The van der Waals surface area contributed by atoms with Gasteiger partial charge in [0.15, 0.2) is 0 Å². The number of carbonyl (C=O) groups is 1. The van der Waals surface area contributed by atoms with Crippen LogP contribution in [0, 0.1) is 0 Å². The third-order valence-electron chi connectivity index (χ3n) is 5.70. The Morgan fingerprint density at radius 1 is 1.26 bits per heavy atom. The first-order valence-electron chi connectivity index (χ1n) is 10.2. The first-order valence-corrected chi connectivity index (χ1v) is 11.4. The minimum absolute atomic E-state index is 0.171. The van der Waals surface area contributed by atoms with Gasteiger partial charge in [-0.3, -0.25) is 4.79 Å². The molecule has 0 bridgehead atoms. The summed E-state index contributed by atoms with van der Waals surface area (Å²) in [5, 5.41) is 31.6. The molecule has 2 aliphatic heterocycles. The summed E-state index contributed by atoms with van der Waals surface area (Å²) in [5.74, 6) is -1.82. The third kappa shape index (κ3) is 4.14. The van der Waals surface area contributed by atoms with Crippen molar-refractivity contribution >= 4 is 28.9 Å². The molecule has 1 fully saturated rings. The van der Waals surface area contributed by atoms with Crippen LogP contribution in [-0.4, -0.2) is 52.3 Å². The highest BCUT2D eigenvalue weighted by molar-refractivity contribution is 7.12. The Labute approximate surface area is 189 Å². The molecule has 31 heavy (non-hydrogen) atoms. The Balaban J connectivity index is 1.61. The van der Waals surface area contributed by atoms with E-state index in [1.54, 1.807) is 19.9 Å². The summed E-state index contributed by atoms with van der Waals surface area (Å²) in [6, 6.07) is 7.46. The molecule has 0 unspecified atom stereocenters. The fourth-order valence-corrected chi connectivity index (χ4v) is 5.38. The van der Waals surface area contributed by atoms with Crippen LogP contribution in [0.15, 0.2) is 24.3 Å². The molecule has 7 nitrogen and oxygen atoms in total. The summed E-state index contributed by atoms with van der Waals surface area (Å²) in [5.41, 5.74) is 2.16. The number of aliphatic hydroxyl groups excluding tert-OH is 3. The topological polar surface area (TPSA) is 105 Å². The van der Waals surface area contributed by atoms with Gasteiger partial charge in [0.05, 0.1) is 25.7 Å². The predicted molar refractivity (Wildman–Crippen MR) is 114 cm³/mol. The minimum atomic E-state index is -1.56. The number of rotatable bonds is 5. The minimum Gasteiger partial charge on any atom is -0.466 e. The molecule has 3 heterocycles. The number of fused-ring (bicyclic) bond motifs is 2. The summed E-state index contributed by atoms with van der Waals surface area (Å²) in [7, 11) is 0. The van der Waals surface area contributed by atoms with E-state index in [1.807, 2.05) is 18.2 Å². The van der Waals surface area contributed by atoms with Crippen LogP contribution in [0.3, 0.4) is 0 Å². The standard InChI is InChI=1S/C22H25ClO7S/c1-3-28-18(24)9-15-5-4-14(31-15)6-12-7-16-13(8-17(12)23)10-29-22(16)21(27)20(26)19(25)11(2)30-22/h4-5,7-8,11,19-21,25-27H,3,6,9-10H2,1-2H3/t11-,19-,20+,21-,22+/m1/s1. The summed E-state index contributed by atoms with van der Waals surface area (Å²) in [4.78, 5) is 13.6. The normalized spacial score (nSPS) is 29.9. The Morgan fingerprint density at radius 2 is 2.00 bits per heavy atom. The molecule has 0 saturated carbocycles. The van der Waals surface area contributed by atoms with E-state index >= 15 is 0 Å². The van der Waals surface area contributed by atoms with Crippen LogP contribution in [0.4, 0.5) is 0 Å². The van der Waals surface area contributed by atoms with Gasteiger partial charge in [0.2, 0.25) is 5.79 Å². The lowest BCUT2D eigenvalue weighted by Crippen LogP contribution is -2.62. The summed E-state index contributed by atoms with van der Waals surface area (Å²) < 4.78 is 16.7. The van der Waals surface area contributed by atoms with E-state index in [0.717, 1.165) is 20.9 Å². The highest BCUT2D eigenvalue weighted by Crippen LogP contribution is 2.47. The van der Waals surface area contributed by atoms with Gasteiger partial charge in [0.25, 0.3) is 0 Å². The van der Waals surface area contributed by atoms with Crippen molar-refractivity contribution in [1.29, 1.82) is 0 Å². The van der Waals surface area contributed by atoms with Gasteiger partial charge in [0, 0.05) is 26.8 Å². The number of halogens is 1. The van der Waals surface area contributed by atoms with Crippen molar-refractivity contribution in [1.82, 2.24) is 0 Å². The lowest BCUT2D eigenvalue weighted by atomic mass is 9.87. The van der Waals surface area contributed by atoms with Gasteiger partial charge in [-0.15, -0.1) is 11.3 Å². The van der Waals surface area contributed by atoms with Gasteiger partial charge in [-0.2, -0.15) is 0 Å². The molecule has 0 radical (unpaired) electrons. The molecule has 9 heteroatoms. The van der Waals surface area contributed by atoms with Crippen LogP contribution in [0.25, 0.3) is 0 Å². The molecule has 1 spiro atoms. The molecule has 168 valence electrons. The van der Waals surface area contributed by atoms with Crippen molar-refractivity contribution in [2.75, 3.05) is 6.61 Å². The second kappa shape index (κ2) is 8.78. The maximum absolute atomic E-state index is 11.7. The molecule has 5 atom stereocenters. The highest BCUT2D eigenvalue weighted by Gasteiger charge is 2.57. The number of esters is 1. The molecule has 1 saturated heterocycles. The lowest BCUT2D eigenvalue weighted by Gasteiger charge is -2.45. The number of thiophene rings is 1. The summed E-state index contributed by atoms with van der Waals surface area (Å²) in [6.07, 6.45) is -4.06. The zero-order valence-corrected chi connectivity index (χ0v) is 18.8. The van der Waals surface area contributed by atoms with Crippen molar-refractivity contribution in [3.05, 3.63) is 55.7 Å². The van der Waals surface area contributed by atoms with E-state index in [2.05, 4.69) is 0 Å². The largest absolute Gasteiger partial charge is 0.466 e. The second-order valence-electron chi connectivity index (χ2n) is 7.83. The fraction of sp³-hybridized carbons (Fsp3) is 0.500. The zero-order chi connectivity index (χ0) is 22.3. The summed E-state index contributed by atoms with van der Waals surface area (Å²) in [6.45, 7) is 3.92. The lowest BCUT2D eigenvalue weighted by molar-refractivity contribution is -0.362. The van der Waals surface area contributed by atoms with E-state index < -0.39 is 30.2 Å². The molecule has 0 amide bonds. The van der Waals surface area contributed by atoms with Crippen LogP contribution in [0.1, 0.15) is 40.3 Å². The van der Waals surface area contributed by atoms with Gasteiger partial charge >= 0.3 is 5.97 Å². The van der Waals surface area contributed by atoms with E-state index in [-0.39, 0.29) is 19.0 Å². The van der Waals surface area contributed by atoms with E-state index in [0.29, 0.717) is 23.6 Å². The Kier molecular flexibility index (Phi) is 6.42. The predicted octanol–water partition coefficient (Wildman–Crippen LogP) is 2.28. The van der Waals surface area contributed by atoms with Crippen molar-refractivity contribution in [2.24, 2.45) is 0 Å². The number of ether oxygens (including phenoxy) is 3. The van der Waals surface area contributed by atoms with E-state index in [9.17, 15) is 20.1 Å². The molecular formula is C22H25ClO7S. The molecule has 1 aromatic heterocycles. The molecule has 0 aliphatic carbocycles. The first-order chi connectivity index (χ1) is 14.7. The fourth-order valence-electron chi connectivity index (χ4n) is 4.10. The average Bonchev–Trinajstić information content (AvgIpc) is 3.30. The number of carbonyl (C=O) groups excluding carboxylic acids is 1. The SMILES string of the molecule is CCOC(=O)Cc1ccc(Cc2cc3c(cc2Cl)CO[C@]32O[C@H](C)[C@@H](O)[C@H](O)[C@H]2O)s1. The first kappa shape index (κ1) is 22.7. The molecular weight excluding hydrogens is 444 g/mol. The maximum atomic E-state index is 11.7. The quantitative estimate of drug-likeness (QED) is 0.578. The monoisotopic (exact) mass is 468 g/mol. The Bertz CT molecular complexity index is 977. The van der Waals surface area contributed by atoms with Gasteiger partial charge in [-0.1, -0.05) is 11.6 Å². The van der Waals surface area contributed by atoms with Crippen LogP contribution in [0.2, 0.25) is 5.02 Å². The van der Waals surface area contributed by atoms with E-state index in [1.165, 1.54) is 11.3 Å². The van der Waals surface area contributed by atoms with Crippen LogP contribution in [0.5, 0.6) is 0 Å². The Morgan fingerprint density at radius 3 is 2.74 bits per heavy atom. The smallest absolute Gasteiger partial charge is 0.311 e. The maximum Gasteiger partial charge on any atom is 0.311 e. The van der Waals surface area contributed by atoms with Gasteiger partial charge in [-0.25, -0.2) is 0 Å². The molecule has 2 aromatic rings. The zero-order valence-electron chi connectivity index (χ0n) is 17.2. The van der Waals surface area contributed by atoms with Crippen LogP contribution < -0.4 is 0 Å². The van der Waals surface area contributed by atoms with E-state index in [4.69, 9.17) is 25.8 Å². The van der Waals surface area contributed by atoms with Gasteiger partial charge in [0.1, 0.15) is 18.3 Å². The Hall–Kier alpha value is -1.52. The highest BCUT2D eigenvalue weighted by atomic mass is 35.5.